The molecular weight excluding hydrogens is 310 g/mol. The summed E-state index contributed by atoms with van der Waals surface area (Å²) >= 11 is 0. The highest BCUT2D eigenvalue weighted by atomic mass is 16.6. The molecule has 0 radical (unpaired) electrons. The molecule has 2 N–H and O–H groups in total. The Kier molecular flexibility index (Phi) is 5.77. The molecule has 0 saturated carbocycles. The molecule has 2 atom stereocenters. The summed E-state index contributed by atoms with van der Waals surface area (Å²) in [6, 6.07) is 2.56. The lowest BCUT2D eigenvalue weighted by Gasteiger charge is -2.37. The van der Waals surface area contributed by atoms with Gasteiger partial charge in [0.15, 0.2) is 0 Å². The number of aromatic nitrogens is 1. The van der Waals surface area contributed by atoms with Crippen molar-refractivity contribution < 1.29 is 19.4 Å². The molecule has 2 rings (SSSR count). The largest absolute Gasteiger partial charge is 0.480 e. The summed E-state index contributed by atoms with van der Waals surface area (Å²) in [5, 5.41) is 12.5. The highest BCUT2D eigenvalue weighted by molar-refractivity contribution is 5.75. The van der Waals surface area contributed by atoms with Crippen LogP contribution in [0.3, 0.4) is 0 Å². The fourth-order valence-electron chi connectivity index (χ4n) is 2.89. The minimum atomic E-state index is -0.904. The van der Waals surface area contributed by atoms with Crippen LogP contribution < -0.4 is 5.32 Å². The molecule has 0 unspecified atom stereocenters. The van der Waals surface area contributed by atoms with Crippen molar-refractivity contribution in [2.45, 2.75) is 51.3 Å². The van der Waals surface area contributed by atoms with Crippen molar-refractivity contribution >= 4 is 12.1 Å². The molecule has 0 bridgehead atoms. The average molecular weight is 335 g/mol. The molecular formula is C17H25N3O4. The van der Waals surface area contributed by atoms with E-state index in [0.29, 0.717) is 18.7 Å². The number of amides is 1. The number of pyridine rings is 1. The van der Waals surface area contributed by atoms with Crippen LogP contribution in [0.25, 0.3) is 0 Å². The Labute approximate surface area is 142 Å². The van der Waals surface area contributed by atoms with E-state index in [4.69, 9.17) is 4.74 Å². The number of alkyl carbamates (subject to hydrolysis) is 1. The molecule has 2 heterocycles. The minimum Gasteiger partial charge on any atom is -0.480 e. The number of nitrogens with one attached hydrogen (secondary N) is 1. The summed E-state index contributed by atoms with van der Waals surface area (Å²) < 4.78 is 5.28. The van der Waals surface area contributed by atoms with E-state index in [1.807, 2.05) is 25.7 Å². The number of carbonyl (C=O) groups excluding carboxylic acids is 1. The first-order valence-electron chi connectivity index (χ1n) is 8.12. The van der Waals surface area contributed by atoms with E-state index < -0.39 is 23.7 Å². The van der Waals surface area contributed by atoms with Crippen LogP contribution in [-0.4, -0.2) is 51.8 Å². The summed E-state index contributed by atoms with van der Waals surface area (Å²) in [5.41, 5.74) is 0.134. The SMILES string of the molecule is CC(C)(C)OC(=O)N[C@@H]1CCCN([C@@H](C(=O)O)c2ccncc2)C1. The molecule has 1 amide bonds. The van der Waals surface area contributed by atoms with Crippen LogP contribution in [0.5, 0.6) is 0 Å². The molecule has 1 aromatic rings. The van der Waals surface area contributed by atoms with Crippen molar-refractivity contribution in [3.8, 4) is 0 Å². The van der Waals surface area contributed by atoms with Crippen LogP contribution in [0.4, 0.5) is 4.79 Å². The zero-order valence-corrected chi connectivity index (χ0v) is 14.4. The molecule has 24 heavy (non-hydrogen) atoms. The van der Waals surface area contributed by atoms with E-state index in [-0.39, 0.29) is 6.04 Å². The van der Waals surface area contributed by atoms with E-state index in [9.17, 15) is 14.7 Å². The monoisotopic (exact) mass is 335 g/mol. The van der Waals surface area contributed by atoms with E-state index in [2.05, 4.69) is 10.3 Å². The van der Waals surface area contributed by atoms with Crippen LogP contribution in [0, 0.1) is 0 Å². The van der Waals surface area contributed by atoms with Gasteiger partial charge < -0.3 is 15.2 Å². The smallest absolute Gasteiger partial charge is 0.407 e. The van der Waals surface area contributed by atoms with Gasteiger partial charge in [0, 0.05) is 25.0 Å². The number of carboxylic acid groups (broad SMARTS) is 1. The first kappa shape index (κ1) is 18.2. The second-order valence-corrected chi connectivity index (χ2v) is 7.00. The standard InChI is InChI=1S/C17H25N3O4/c1-17(2,3)24-16(23)19-13-5-4-10-20(11-13)14(15(21)22)12-6-8-18-9-7-12/h6-9,13-14H,4-5,10-11H2,1-3H3,(H,19,23)(H,21,22)/t13-,14-/m1/s1. The van der Waals surface area contributed by atoms with E-state index >= 15 is 0 Å². The van der Waals surface area contributed by atoms with Crippen molar-refractivity contribution in [1.82, 2.24) is 15.2 Å². The third-order valence-corrected chi connectivity index (χ3v) is 3.79. The topological polar surface area (TPSA) is 91.8 Å². The van der Waals surface area contributed by atoms with Crippen molar-refractivity contribution in [1.29, 1.82) is 0 Å². The molecule has 0 aliphatic carbocycles. The van der Waals surface area contributed by atoms with Crippen LogP contribution in [0.1, 0.15) is 45.2 Å². The third-order valence-electron chi connectivity index (χ3n) is 3.79. The second kappa shape index (κ2) is 7.61. The number of likely N-dealkylation sites (tertiary alicyclic amines) is 1. The normalized spacial score (nSPS) is 20.2. The lowest BCUT2D eigenvalue weighted by molar-refractivity contribution is -0.144. The van der Waals surface area contributed by atoms with Crippen molar-refractivity contribution in [2.24, 2.45) is 0 Å². The van der Waals surface area contributed by atoms with Crippen LogP contribution >= 0.6 is 0 Å². The molecule has 132 valence electrons. The Balaban J connectivity index is 2.03. The quantitative estimate of drug-likeness (QED) is 0.876. The molecule has 0 aromatic carbocycles. The predicted octanol–water partition coefficient (Wildman–Crippen LogP) is 2.20. The van der Waals surface area contributed by atoms with E-state index in [1.165, 1.54) is 0 Å². The number of carbonyl (C=O) groups is 2. The number of ether oxygens (including phenoxy) is 1. The summed E-state index contributed by atoms with van der Waals surface area (Å²) in [4.78, 5) is 29.5. The van der Waals surface area contributed by atoms with Gasteiger partial charge in [-0.1, -0.05) is 0 Å². The van der Waals surface area contributed by atoms with Gasteiger partial charge >= 0.3 is 12.1 Å². The Morgan fingerprint density at radius 3 is 2.62 bits per heavy atom. The molecule has 1 aliphatic heterocycles. The zero-order valence-electron chi connectivity index (χ0n) is 14.4. The third kappa shape index (κ3) is 5.19. The summed E-state index contributed by atoms with van der Waals surface area (Å²) in [6.07, 6.45) is 4.33. The number of rotatable bonds is 4. The lowest BCUT2D eigenvalue weighted by atomic mass is 10.00. The second-order valence-electron chi connectivity index (χ2n) is 7.00. The van der Waals surface area contributed by atoms with Gasteiger partial charge in [-0.2, -0.15) is 0 Å². The first-order valence-corrected chi connectivity index (χ1v) is 8.12. The lowest BCUT2D eigenvalue weighted by Crippen LogP contribution is -2.50. The van der Waals surface area contributed by atoms with E-state index in [0.717, 1.165) is 12.8 Å². The maximum absolute atomic E-state index is 11.9. The number of nitrogens with zero attached hydrogens (tertiary/aromatic N) is 2. The Hall–Kier alpha value is -2.15. The van der Waals surface area contributed by atoms with Crippen molar-refractivity contribution in [2.75, 3.05) is 13.1 Å². The molecule has 7 nitrogen and oxygen atoms in total. The first-order chi connectivity index (χ1) is 11.3. The molecule has 1 fully saturated rings. The van der Waals surface area contributed by atoms with Crippen LogP contribution in [-0.2, 0) is 9.53 Å². The van der Waals surface area contributed by atoms with Crippen molar-refractivity contribution in [3.63, 3.8) is 0 Å². The van der Waals surface area contributed by atoms with Gasteiger partial charge in [-0.25, -0.2) is 4.79 Å². The van der Waals surface area contributed by atoms with Gasteiger partial charge in [0.2, 0.25) is 0 Å². The van der Waals surface area contributed by atoms with Gasteiger partial charge in [-0.3, -0.25) is 14.7 Å². The molecule has 0 spiro atoms. The van der Waals surface area contributed by atoms with Crippen LogP contribution in [0.15, 0.2) is 24.5 Å². The summed E-state index contributed by atoms with van der Waals surface area (Å²) in [7, 11) is 0. The summed E-state index contributed by atoms with van der Waals surface area (Å²) in [6.45, 7) is 6.57. The maximum atomic E-state index is 11.9. The minimum absolute atomic E-state index is 0.128. The molecule has 7 heteroatoms. The fourth-order valence-corrected chi connectivity index (χ4v) is 2.89. The molecule has 1 saturated heterocycles. The fraction of sp³-hybridized carbons (Fsp3) is 0.588. The molecule has 1 aromatic heterocycles. The van der Waals surface area contributed by atoms with Gasteiger partial charge in [0.1, 0.15) is 11.6 Å². The number of carboxylic acids is 1. The van der Waals surface area contributed by atoms with E-state index in [1.54, 1.807) is 24.5 Å². The zero-order chi connectivity index (χ0) is 17.7. The Bertz CT molecular complexity index is 571. The Morgan fingerprint density at radius 2 is 2.04 bits per heavy atom. The van der Waals surface area contributed by atoms with Gasteiger partial charge in [0.25, 0.3) is 0 Å². The maximum Gasteiger partial charge on any atom is 0.407 e. The van der Waals surface area contributed by atoms with Gasteiger partial charge in [-0.15, -0.1) is 0 Å². The van der Waals surface area contributed by atoms with Crippen LogP contribution in [0.2, 0.25) is 0 Å². The highest BCUT2D eigenvalue weighted by Crippen LogP contribution is 2.25. The number of piperidine rings is 1. The highest BCUT2D eigenvalue weighted by Gasteiger charge is 2.32. The van der Waals surface area contributed by atoms with Gasteiger partial charge in [-0.05, 0) is 57.9 Å². The summed E-state index contributed by atoms with van der Waals surface area (Å²) in [5.74, 6) is -0.904. The predicted molar refractivity (Wildman–Crippen MR) is 88.6 cm³/mol. The number of hydrogen-bond acceptors (Lipinski definition) is 5. The van der Waals surface area contributed by atoms with Gasteiger partial charge in [0.05, 0.1) is 0 Å². The van der Waals surface area contributed by atoms with Crippen molar-refractivity contribution in [3.05, 3.63) is 30.1 Å². The Morgan fingerprint density at radius 1 is 1.38 bits per heavy atom. The average Bonchev–Trinajstić information content (AvgIpc) is 2.46. The molecule has 1 aliphatic rings. The number of aliphatic carboxylic acids is 1. The number of hydrogen-bond donors (Lipinski definition) is 2.